The van der Waals surface area contributed by atoms with E-state index in [1.807, 2.05) is 18.2 Å². The number of hydrogen-bond donors (Lipinski definition) is 1. The van der Waals surface area contributed by atoms with Gasteiger partial charge in [0, 0.05) is 46.7 Å². The summed E-state index contributed by atoms with van der Waals surface area (Å²) < 4.78 is 6.05. The summed E-state index contributed by atoms with van der Waals surface area (Å²) in [6.45, 7) is 2.79. The molecule has 2 heterocycles. The maximum atomic E-state index is 12.7. The quantitative estimate of drug-likeness (QED) is 0.311. The lowest BCUT2D eigenvalue weighted by Gasteiger charge is -2.25. The number of aromatic nitrogens is 2. The van der Waals surface area contributed by atoms with Gasteiger partial charge in [0.05, 0.1) is 0 Å². The van der Waals surface area contributed by atoms with E-state index < -0.39 is 0 Å². The van der Waals surface area contributed by atoms with Crippen LogP contribution in [0.4, 0.5) is 5.69 Å². The van der Waals surface area contributed by atoms with Crippen molar-refractivity contribution in [2.75, 3.05) is 19.0 Å². The Labute approximate surface area is 216 Å². The highest BCUT2D eigenvalue weighted by Gasteiger charge is 2.17. The average molecular weight is 499 g/mol. The Balaban J connectivity index is 1.31. The van der Waals surface area contributed by atoms with E-state index in [0.717, 1.165) is 29.7 Å². The molecular weight excluding hydrogens is 468 g/mol. The van der Waals surface area contributed by atoms with Crippen molar-refractivity contribution in [1.82, 2.24) is 14.9 Å². The Morgan fingerprint density at radius 1 is 1.08 bits per heavy atom. The van der Waals surface area contributed by atoms with Crippen molar-refractivity contribution in [2.45, 2.75) is 38.8 Å². The fourth-order valence-electron chi connectivity index (χ4n) is 4.57. The van der Waals surface area contributed by atoms with Crippen molar-refractivity contribution in [2.24, 2.45) is 0 Å². The zero-order valence-electron chi connectivity index (χ0n) is 20.6. The molecule has 0 fully saturated rings. The van der Waals surface area contributed by atoms with Gasteiger partial charge in [0.15, 0.2) is 12.4 Å². The Kier molecular flexibility index (Phi) is 7.39. The largest absolute Gasteiger partial charge is 0.483 e. The number of anilines is 1. The Morgan fingerprint density at radius 2 is 1.92 bits per heavy atom. The van der Waals surface area contributed by atoms with Crippen LogP contribution >= 0.6 is 11.3 Å². The van der Waals surface area contributed by atoms with Crippen LogP contribution in [0.25, 0.3) is 11.4 Å². The summed E-state index contributed by atoms with van der Waals surface area (Å²) >= 11 is 1.75. The Bertz CT molecular complexity index is 1320. The number of ether oxygens (including phenoxy) is 1. The molecule has 2 aromatic carbocycles. The summed E-state index contributed by atoms with van der Waals surface area (Å²) in [4.78, 5) is 25.1. The van der Waals surface area contributed by atoms with E-state index in [9.17, 15) is 4.79 Å². The van der Waals surface area contributed by atoms with Gasteiger partial charge in [-0.05, 0) is 92.2 Å². The third-order valence-corrected chi connectivity index (χ3v) is 7.70. The van der Waals surface area contributed by atoms with Crippen LogP contribution in [0.15, 0.2) is 72.4 Å². The molecule has 6 nitrogen and oxygen atoms in total. The topological polar surface area (TPSA) is 67.3 Å². The number of thiophene rings is 1. The molecule has 0 radical (unpaired) electrons. The lowest BCUT2D eigenvalue weighted by atomic mass is 10.1. The number of rotatable bonds is 9. The normalized spacial score (nSPS) is 13.4. The predicted molar refractivity (Wildman–Crippen MR) is 144 cm³/mol. The number of amides is 1. The van der Waals surface area contributed by atoms with Crippen LogP contribution in [-0.2, 0) is 24.2 Å². The third kappa shape index (κ3) is 5.64. The molecule has 5 rings (SSSR count). The molecular formula is C29H30N4O2S. The van der Waals surface area contributed by atoms with Crippen LogP contribution in [0.1, 0.15) is 41.0 Å². The lowest BCUT2D eigenvalue weighted by Crippen LogP contribution is -2.23. The Hall–Kier alpha value is -3.55. The van der Waals surface area contributed by atoms with Crippen molar-refractivity contribution >= 4 is 22.9 Å². The van der Waals surface area contributed by atoms with Gasteiger partial charge in [0.25, 0.3) is 5.91 Å². The second kappa shape index (κ2) is 11.0. The van der Waals surface area contributed by atoms with Gasteiger partial charge >= 0.3 is 0 Å². The van der Waals surface area contributed by atoms with Gasteiger partial charge in [-0.2, -0.15) is 0 Å². The molecule has 36 heavy (non-hydrogen) atoms. The van der Waals surface area contributed by atoms with Gasteiger partial charge in [0.2, 0.25) is 0 Å². The van der Waals surface area contributed by atoms with Crippen molar-refractivity contribution in [3.05, 3.63) is 93.9 Å². The second-order valence-corrected chi connectivity index (χ2v) is 10.2. The fourth-order valence-corrected chi connectivity index (χ4v) is 5.42. The molecule has 0 bridgehead atoms. The van der Waals surface area contributed by atoms with Crippen molar-refractivity contribution in [3.8, 4) is 17.1 Å². The molecule has 1 aliphatic carbocycles. The van der Waals surface area contributed by atoms with E-state index in [2.05, 4.69) is 69.9 Å². The van der Waals surface area contributed by atoms with Gasteiger partial charge in [-0.15, -0.1) is 11.3 Å². The highest BCUT2D eigenvalue weighted by molar-refractivity contribution is 7.10. The SMILES string of the molecule is C[C@@H](c1cccs1)N(C)Cc1cc(-c2ncccn2)ccc1OCC(=O)Nc1ccc2c(c1)CCC2. The lowest BCUT2D eigenvalue weighted by molar-refractivity contribution is -0.118. The van der Waals surface area contributed by atoms with Crippen LogP contribution in [0.5, 0.6) is 5.75 Å². The molecule has 0 spiro atoms. The number of nitrogens with zero attached hydrogens (tertiary/aromatic N) is 3. The molecule has 0 unspecified atom stereocenters. The van der Waals surface area contributed by atoms with E-state index in [-0.39, 0.29) is 18.6 Å². The minimum Gasteiger partial charge on any atom is -0.483 e. The standard InChI is InChI=1S/C29H30N4O2S/c1-20(27-8-4-15-36-27)33(2)18-24-16-23(29-30-13-5-14-31-29)10-12-26(24)35-19-28(34)32-25-11-9-21-6-3-7-22(21)17-25/h4-5,8-17,20H,3,6-7,18-19H2,1-2H3,(H,32,34)/t20-/m0/s1. The molecule has 4 aromatic rings. The number of carbonyl (C=O) groups excluding carboxylic acids is 1. The van der Waals surface area contributed by atoms with Crippen molar-refractivity contribution in [1.29, 1.82) is 0 Å². The number of hydrogen-bond acceptors (Lipinski definition) is 6. The van der Waals surface area contributed by atoms with E-state index >= 15 is 0 Å². The van der Waals surface area contributed by atoms with Gasteiger partial charge in [0.1, 0.15) is 5.75 Å². The molecule has 1 amide bonds. The first-order valence-corrected chi connectivity index (χ1v) is 13.1. The van der Waals surface area contributed by atoms with Crippen molar-refractivity contribution < 1.29 is 9.53 Å². The molecule has 0 saturated heterocycles. The monoisotopic (exact) mass is 498 g/mol. The highest BCUT2D eigenvalue weighted by Crippen LogP contribution is 2.30. The molecule has 0 saturated carbocycles. The van der Waals surface area contributed by atoms with Gasteiger partial charge in [-0.3, -0.25) is 9.69 Å². The highest BCUT2D eigenvalue weighted by atomic mass is 32.1. The van der Waals surface area contributed by atoms with Gasteiger partial charge < -0.3 is 10.1 Å². The number of fused-ring (bicyclic) bond motifs is 1. The van der Waals surface area contributed by atoms with Gasteiger partial charge in [-0.25, -0.2) is 9.97 Å². The summed E-state index contributed by atoms with van der Waals surface area (Å²) in [6, 6.07) is 18.4. The number of benzene rings is 2. The first-order valence-electron chi connectivity index (χ1n) is 12.3. The second-order valence-electron chi connectivity index (χ2n) is 9.18. The smallest absolute Gasteiger partial charge is 0.262 e. The minimum atomic E-state index is -0.172. The molecule has 184 valence electrons. The minimum absolute atomic E-state index is 0.0601. The maximum absolute atomic E-state index is 12.7. The van der Waals surface area contributed by atoms with Crippen LogP contribution < -0.4 is 10.1 Å². The van der Waals surface area contributed by atoms with E-state index in [1.165, 1.54) is 22.4 Å². The maximum Gasteiger partial charge on any atom is 0.262 e. The summed E-state index contributed by atoms with van der Waals surface area (Å²) in [7, 11) is 2.10. The third-order valence-electron chi connectivity index (χ3n) is 6.66. The molecule has 0 aliphatic heterocycles. The van der Waals surface area contributed by atoms with Crippen LogP contribution in [0.2, 0.25) is 0 Å². The first-order chi connectivity index (χ1) is 17.6. The zero-order chi connectivity index (χ0) is 24.9. The summed E-state index contributed by atoms with van der Waals surface area (Å²) in [5.41, 5.74) is 5.44. The van der Waals surface area contributed by atoms with E-state index in [1.54, 1.807) is 29.8 Å². The molecule has 7 heteroatoms. The van der Waals surface area contributed by atoms with Crippen LogP contribution in [-0.4, -0.2) is 34.4 Å². The first kappa shape index (κ1) is 24.2. The van der Waals surface area contributed by atoms with Crippen molar-refractivity contribution in [3.63, 3.8) is 0 Å². The molecule has 1 atom stereocenters. The number of aryl methyl sites for hydroxylation is 2. The zero-order valence-corrected chi connectivity index (χ0v) is 21.4. The molecule has 2 aromatic heterocycles. The molecule has 1 aliphatic rings. The van der Waals surface area contributed by atoms with Gasteiger partial charge in [-0.1, -0.05) is 12.1 Å². The predicted octanol–water partition coefficient (Wildman–Crippen LogP) is 5.90. The fraction of sp³-hybridized carbons (Fsp3) is 0.276. The van der Waals surface area contributed by atoms with E-state index in [4.69, 9.17) is 4.74 Å². The number of nitrogens with one attached hydrogen (secondary N) is 1. The van der Waals surface area contributed by atoms with Crippen LogP contribution in [0, 0.1) is 0 Å². The number of carbonyl (C=O) groups is 1. The summed E-state index contributed by atoms with van der Waals surface area (Å²) in [5, 5.41) is 5.08. The average Bonchev–Trinajstić information content (AvgIpc) is 3.60. The summed E-state index contributed by atoms with van der Waals surface area (Å²) in [5.74, 6) is 1.17. The van der Waals surface area contributed by atoms with Crippen LogP contribution in [0.3, 0.4) is 0 Å². The van der Waals surface area contributed by atoms with E-state index in [0.29, 0.717) is 18.1 Å². The Morgan fingerprint density at radius 3 is 2.72 bits per heavy atom. The summed E-state index contributed by atoms with van der Waals surface area (Å²) in [6.07, 6.45) is 6.86. The molecule has 1 N–H and O–H groups in total.